The molecular formula is C19H28N4O4. The molecule has 27 heavy (non-hydrogen) atoms. The van der Waals surface area contributed by atoms with Gasteiger partial charge in [-0.25, -0.2) is 0 Å². The van der Waals surface area contributed by atoms with Gasteiger partial charge in [0.15, 0.2) is 0 Å². The van der Waals surface area contributed by atoms with Crippen LogP contribution in [-0.2, 0) is 19.2 Å². The summed E-state index contributed by atoms with van der Waals surface area (Å²) < 4.78 is 0. The average molecular weight is 376 g/mol. The molecule has 3 atom stereocenters. The van der Waals surface area contributed by atoms with Crippen molar-refractivity contribution in [2.24, 2.45) is 11.7 Å². The van der Waals surface area contributed by atoms with Crippen molar-refractivity contribution in [2.75, 3.05) is 13.1 Å². The quantitative estimate of drug-likeness (QED) is 0.383. The van der Waals surface area contributed by atoms with Crippen molar-refractivity contribution in [2.45, 2.75) is 63.6 Å². The van der Waals surface area contributed by atoms with Gasteiger partial charge in [-0.05, 0) is 38.0 Å². The van der Waals surface area contributed by atoms with E-state index in [2.05, 4.69) is 16.6 Å². The molecule has 0 aromatic carbocycles. The molecule has 2 aliphatic rings. The van der Waals surface area contributed by atoms with Crippen molar-refractivity contribution in [3.05, 3.63) is 0 Å². The Morgan fingerprint density at radius 3 is 2.52 bits per heavy atom. The van der Waals surface area contributed by atoms with Crippen molar-refractivity contribution in [1.82, 2.24) is 15.5 Å². The molecule has 4 N–H and O–H groups in total. The van der Waals surface area contributed by atoms with E-state index < -0.39 is 29.7 Å². The smallest absolute Gasteiger partial charge is 0.289 e. The van der Waals surface area contributed by atoms with Gasteiger partial charge >= 0.3 is 0 Å². The van der Waals surface area contributed by atoms with Crippen molar-refractivity contribution < 1.29 is 19.2 Å². The SMILES string of the molecule is C#CCCC(NC(=O)C1C(C)CCN1C(=O)CN)C(=O)C(=O)NC1CCC1. The van der Waals surface area contributed by atoms with Crippen LogP contribution in [0.15, 0.2) is 0 Å². The Morgan fingerprint density at radius 2 is 1.96 bits per heavy atom. The summed E-state index contributed by atoms with van der Waals surface area (Å²) in [5.74, 6) is 0.204. The number of ketones is 1. The first kappa shape index (κ1) is 20.9. The van der Waals surface area contributed by atoms with Crippen LogP contribution in [0, 0.1) is 18.3 Å². The number of carbonyl (C=O) groups excluding carboxylic acids is 4. The van der Waals surface area contributed by atoms with Crippen LogP contribution in [0.2, 0.25) is 0 Å². The van der Waals surface area contributed by atoms with E-state index in [1.54, 1.807) is 0 Å². The summed E-state index contributed by atoms with van der Waals surface area (Å²) in [5.41, 5.74) is 5.43. The average Bonchev–Trinajstić information content (AvgIpc) is 3.01. The monoisotopic (exact) mass is 376 g/mol. The van der Waals surface area contributed by atoms with Gasteiger partial charge < -0.3 is 21.3 Å². The molecule has 3 amide bonds. The topological polar surface area (TPSA) is 122 Å². The van der Waals surface area contributed by atoms with Gasteiger partial charge in [0.25, 0.3) is 5.91 Å². The van der Waals surface area contributed by atoms with E-state index in [9.17, 15) is 19.2 Å². The van der Waals surface area contributed by atoms with Crippen molar-refractivity contribution >= 4 is 23.5 Å². The van der Waals surface area contributed by atoms with Gasteiger partial charge in [-0.1, -0.05) is 6.92 Å². The highest BCUT2D eigenvalue weighted by atomic mass is 16.2. The van der Waals surface area contributed by atoms with Gasteiger partial charge in [0.1, 0.15) is 6.04 Å². The molecule has 0 aromatic rings. The molecular weight excluding hydrogens is 348 g/mol. The van der Waals surface area contributed by atoms with Crippen molar-refractivity contribution in [1.29, 1.82) is 0 Å². The van der Waals surface area contributed by atoms with Crippen LogP contribution in [0.1, 0.15) is 45.4 Å². The fourth-order valence-electron chi connectivity index (χ4n) is 3.46. The van der Waals surface area contributed by atoms with E-state index in [-0.39, 0.29) is 37.3 Å². The molecule has 8 heteroatoms. The molecule has 0 radical (unpaired) electrons. The third-order valence-electron chi connectivity index (χ3n) is 5.34. The Kier molecular flexibility index (Phi) is 7.36. The van der Waals surface area contributed by atoms with Crippen LogP contribution in [-0.4, -0.2) is 59.6 Å². The second-order valence-corrected chi connectivity index (χ2v) is 7.27. The Labute approximate surface area is 159 Å². The van der Waals surface area contributed by atoms with Crippen molar-refractivity contribution in [3.8, 4) is 12.3 Å². The molecule has 1 heterocycles. The Hall–Kier alpha value is -2.40. The maximum absolute atomic E-state index is 12.8. The summed E-state index contributed by atoms with van der Waals surface area (Å²) in [6.07, 6.45) is 9.12. The van der Waals surface area contributed by atoms with Crippen LogP contribution in [0.3, 0.4) is 0 Å². The van der Waals surface area contributed by atoms with E-state index in [1.807, 2.05) is 6.92 Å². The molecule has 1 saturated heterocycles. The largest absolute Gasteiger partial charge is 0.347 e. The molecule has 2 fully saturated rings. The van der Waals surface area contributed by atoms with Gasteiger partial charge in [-0.2, -0.15) is 0 Å². The van der Waals surface area contributed by atoms with E-state index in [1.165, 1.54) is 4.90 Å². The highest BCUT2D eigenvalue weighted by Gasteiger charge is 2.40. The molecule has 0 spiro atoms. The van der Waals surface area contributed by atoms with Crippen LogP contribution in [0.25, 0.3) is 0 Å². The number of Topliss-reactive ketones (excluding diaryl/α,β-unsaturated/α-hetero) is 1. The first-order valence-electron chi connectivity index (χ1n) is 9.47. The summed E-state index contributed by atoms with van der Waals surface area (Å²) >= 11 is 0. The number of carbonyl (C=O) groups is 4. The number of rotatable bonds is 8. The minimum Gasteiger partial charge on any atom is -0.347 e. The zero-order chi connectivity index (χ0) is 20.0. The summed E-state index contributed by atoms with van der Waals surface area (Å²) in [5, 5.41) is 5.33. The molecule has 0 aromatic heterocycles. The maximum Gasteiger partial charge on any atom is 0.289 e. The summed E-state index contributed by atoms with van der Waals surface area (Å²) in [6.45, 7) is 2.13. The van der Waals surface area contributed by atoms with E-state index in [4.69, 9.17) is 12.2 Å². The molecule has 3 unspecified atom stereocenters. The number of hydrogen-bond donors (Lipinski definition) is 3. The van der Waals surface area contributed by atoms with Crippen LogP contribution < -0.4 is 16.4 Å². The summed E-state index contributed by atoms with van der Waals surface area (Å²) in [6, 6.07) is -1.67. The minimum atomic E-state index is -1.00. The Balaban J connectivity index is 2.05. The first-order chi connectivity index (χ1) is 12.9. The van der Waals surface area contributed by atoms with E-state index in [0.717, 1.165) is 19.3 Å². The number of nitrogens with zero attached hydrogens (tertiary/aromatic N) is 1. The second-order valence-electron chi connectivity index (χ2n) is 7.27. The fourth-order valence-corrected chi connectivity index (χ4v) is 3.46. The zero-order valence-electron chi connectivity index (χ0n) is 15.7. The summed E-state index contributed by atoms with van der Waals surface area (Å²) in [4.78, 5) is 51.0. The number of terminal acetylenes is 1. The lowest BCUT2D eigenvalue weighted by molar-refractivity contribution is -0.142. The van der Waals surface area contributed by atoms with Gasteiger partial charge in [0.2, 0.25) is 17.6 Å². The Morgan fingerprint density at radius 1 is 1.26 bits per heavy atom. The molecule has 1 aliphatic heterocycles. The fraction of sp³-hybridized carbons (Fsp3) is 0.684. The molecule has 1 saturated carbocycles. The highest BCUT2D eigenvalue weighted by Crippen LogP contribution is 2.24. The molecule has 0 bridgehead atoms. The lowest BCUT2D eigenvalue weighted by Gasteiger charge is -2.29. The normalized spacial score (nSPS) is 23.1. The Bertz CT molecular complexity index is 638. The van der Waals surface area contributed by atoms with Gasteiger partial charge in [0.05, 0.1) is 12.6 Å². The lowest BCUT2D eigenvalue weighted by atomic mass is 9.92. The zero-order valence-corrected chi connectivity index (χ0v) is 15.7. The van der Waals surface area contributed by atoms with Gasteiger partial charge in [0, 0.05) is 19.0 Å². The first-order valence-corrected chi connectivity index (χ1v) is 9.47. The van der Waals surface area contributed by atoms with Crippen molar-refractivity contribution in [3.63, 3.8) is 0 Å². The van der Waals surface area contributed by atoms with E-state index in [0.29, 0.717) is 13.0 Å². The predicted molar refractivity (Wildman–Crippen MR) is 99.1 cm³/mol. The number of nitrogens with one attached hydrogen (secondary N) is 2. The minimum absolute atomic E-state index is 0.0259. The number of hydrogen-bond acceptors (Lipinski definition) is 5. The molecule has 2 rings (SSSR count). The predicted octanol–water partition coefficient (Wildman–Crippen LogP) is -0.682. The standard InChI is InChI=1S/C19H28N4O4/c1-3-4-8-14(17(25)19(27)21-13-6-5-7-13)22-18(26)16-12(2)9-10-23(16)15(24)11-20/h1,12-14,16H,4-11,20H2,2H3,(H,21,27)(H,22,26). The third kappa shape index (κ3) is 5.07. The highest BCUT2D eigenvalue weighted by molar-refractivity contribution is 6.38. The number of likely N-dealkylation sites (tertiary alicyclic amines) is 1. The molecule has 148 valence electrons. The van der Waals surface area contributed by atoms with Crippen LogP contribution in [0.5, 0.6) is 0 Å². The number of amides is 3. The molecule has 1 aliphatic carbocycles. The third-order valence-corrected chi connectivity index (χ3v) is 5.34. The van der Waals surface area contributed by atoms with Crippen LogP contribution in [0.4, 0.5) is 0 Å². The second kappa shape index (κ2) is 9.51. The van der Waals surface area contributed by atoms with Crippen LogP contribution >= 0.6 is 0 Å². The summed E-state index contributed by atoms with van der Waals surface area (Å²) in [7, 11) is 0. The number of nitrogens with two attached hydrogens (primary N) is 1. The van der Waals surface area contributed by atoms with Gasteiger partial charge in [-0.15, -0.1) is 12.3 Å². The molecule has 8 nitrogen and oxygen atoms in total. The van der Waals surface area contributed by atoms with E-state index >= 15 is 0 Å². The lowest BCUT2D eigenvalue weighted by Crippen LogP contribution is -2.56. The van der Waals surface area contributed by atoms with Gasteiger partial charge in [-0.3, -0.25) is 19.2 Å². The maximum atomic E-state index is 12.8.